The van der Waals surface area contributed by atoms with Crippen molar-refractivity contribution in [3.05, 3.63) is 47.5 Å². The zero-order valence-corrected chi connectivity index (χ0v) is 13.0. The summed E-state index contributed by atoms with van der Waals surface area (Å²) in [5.74, 6) is 0. The van der Waals surface area contributed by atoms with E-state index in [0.717, 1.165) is 43.7 Å². The molecule has 0 bridgehead atoms. The van der Waals surface area contributed by atoms with E-state index in [0.29, 0.717) is 0 Å². The molecule has 1 aliphatic heterocycles. The second-order valence-electron chi connectivity index (χ2n) is 5.11. The van der Waals surface area contributed by atoms with Crippen LogP contribution >= 0.6 is 15.9 Å². The molecule has 1 aliphatic rings. The van der Waals surface area contributed by atoms with E-state index < -0.39 is 0 Å². The number of rotatable bonds is 4. The largest absolute Gasteiger partial charge is 0.369 e. The number of piperazine rings is 1. The summed E-state index contributed by atoms with van der Waals surface area (Å²) in [6, 6.07) is 8.56. The molecule has 5 heteroatoms. The molecule has 0 spiro atoms. The highest BCUT2D eigenvalue weighted by Crippen LogP contribution is 2.21. The Morgan fingerprint density at radius 1 is 1.10 bits per heavy atom. The maximum atomic E-state index is 4.08. The molecule has 0 unspecified atom stereocenters. The predicted molar refractivity (Wildman–Crippen MR) is 85.0 cm³/mol. The molecule has 2 aromatic rings. The van der Waals surface area contributed by atoms with Crippen molar-refractivity contribution in [3.63, 3.8) is 0 Å². The van der Waals surface area contributed by atoms with Gasteiger partial charge in [-0.1, -0.05) is 22.0 Å². The molecule has 3 rings (SSSR count). The monoisotopic (exact) mass is 334 g/mol. The highest BCUT2D eigenvalue weighted by atomic mass is 79.9. The lowest BCUT2D eigenvalue weighted by Gasteiger charge is -2.36. The van der Waals surface area contributed by atoms with Crippen LogP contribution in [0.15, 0.2) is 47.5 Å². The van der Waals surface area contributed by atoms with Gasteiger partial charge in [0.15, 0.2) is 0 Å². The van der Waals surface area contributed by atoms with Gasteiger partial charge in [0.1, 0.15) is 0 Å². The Balaban J connectivity index is 1.49. The first-order chi connectivity index (χ1) is 9.81. The van der Waals surface area contributed by atoms with Crippen LogP contribution in [0.4, 0.5) is 5.69 Å². The van der Waals surface area contributed by atoms with Crippen LogP contribution in [-0.2, 0) is 6.54 Å². The van der Waals surface area contributed by atoms with Crippen molar-refractivity contribution in [2.24, 2.45) is 0 Å². The minimum absolute atomic E-state index is 1.02. The summed E-state index contributed by atoms with van der Waals surface area (Å²) in [6.07, 6.45) is 5.75. The Morgan fingerprint density at radius 3 is 2.65 bits per heavy atom. The number of benzene rings is 1. The van der Waals surface area contributed by atoms with Crippen LogP contribution < -0.4 is 4.90 Å². The standard InChI is InChI=1S/C15H19BrN4/c16-14-2-1-3-15(12-14)20-10-8-18(9-11-20)6-7-19-5-4-17-13-19/h1-5,12-13H,6-11H2. The third-order valence-corrected chi connectivity index (χ3v) is 4.27. The molecular weight excluding hydrogens is 316 g/mol. The Morgan fingerprint density at radius 2 is 1.95 bits per heavy atom. The number of imidazole rings is 1. The lowest BCUT2D eigenvalue weighted by molar-refractivity contribution is 0.248. The zero-order chi connectivity index (χ0) is 13.8. The molecule has 0 saturated carbocycles. The molecule has 1 aromatic heterocycles. The number of hydrogen-bond acceptors (Lipinski definition) is 3. The number of hydrogen-bond donors (Lipinski definition) is 0. The van der Waals surface area contributed by atoms with Gasteiger partial charge >= 0.3 is 0 Å². The van der Waals surface area contributed by atoms with Crippen molar-refractivity contribution in [2.45, 2.75) is 6.54 Å². The van der Waals surface area contributed by atoms with Gasteiger partial charge in [-0.25, -0.2) is 4.98 Å². The molecule has 0 amide bonds. The molecule has 0 aliphatic carbocycles. The quantitative estimate of drug-likeness (QED) is 0.858. The molecule has 20 heavy (non-hydrogen) atoms. The van der Waals surface area contributed by atoms with Gasteiger partial charge in [0.2, 0.25) is 0 Å². The van der Waals surface area contributed by atoms with Crippen LogP contribution in [0.1, 0.15) is 0 Å². The molecule has 0 atom stereocenters. The second-order valence-corrected chi connectivity index (χ2v) is 6.02. The van der Waals surface area contributed by atoms with Crippen LogP contribution in [0.2, 0.25) is 0 Å². The first-order valence-electron chi connectivity index (χ1n) is 7.00. The molecule has 0 radical (unpaired) electrons. The lowest BCUT2D eigenvalue weighted by atomic mass is 10.2. The normalized spacial score (nSPS) is 16.6. The van der Waals surface area contributed by atoms with Crippen LogP contribution in [0.5, 0.6) is 0 Å². The molecule has 106 valence electrons. The van der Waals surface area contributed by atoms with E-state index in [1.54, 1.807) is 0 Å². The van der Waals surface area contributed by atoms with E-state index >= 15 is 0 Å². The summed E-state index contributed by atoms with van der Waals surface area (Å²) in [6.45, 7) is 6.57. The third kappa shape index (κ3) is 3.41. The van der Waals surface area contributed by atoms with Crippen molar-refractivity contribution in [1.82, 2.24) is 14.5 Å². The Hall–Kier alpha value is -1.33. The SMILES string of the molecule is Brc1cccc(N2CCN(CCn3ccnc3)CC2)c1. The van der Waals surface area contributed by atoms with Gasteiger partial charge in [-0.05, 0) is 18.2 Å². The molecule has 2 heterocycles. The van der Waals surface area contributed by atoms with E-state index in [1.807, 2.05) is 18.7 Å². The number of anilines is 1. The Labute approximate surface area is 128 Å². The minimum Gasteiger partial charge on any atom is -0.369 e. The minimum atomic E-state index is 1.02. The number of halogens is 1. The van der Waals surface area contributed by atoms with Crippen LogP contribution in [0.3, 0.4) is 0 Å². The Kier molecular flexibility index (Phi) is 4.38. The van der Waals surface area contributed by atoms with Gasteiger partial charge < -0.3 is 9.47 Å². The summed E-state index contributed by atoms with van der Waals surface area (Å²) < 4.78 is 3.29. The van der Waals surface area contributed by atoms with Crippen LogP contribution in [0.25, 0.3) is 0 Å². The maximum absolute atomic E-state index is 4.08. The molecule has 1 fully saturated rings. The predicted octanol–water partition coefficient (Wildman–Crippen LogP) is 2.47. The second kappa shape index (κ2) is 6.41. The van der Waals surface area contributed by atoms with Gasteiger partial charge in [-0.2, -0.15) is 0 Å². The topological polar surface area (TPSA) is 24.3 Å². The average Bonchev–Trinajstić information content (AvgIpc) is 2.99. The summed E-state index contributed by atoms with van der Waals surface area (Å²) in [5.41, 5.74) is 1.31. The molecular formula is C15H19BrN4. The van der Waals surface area contributed by atoms with E-state index in [4.69, 9.17) is 0 Å². The molecule has 0 N–H and O–H groups in total. The van der Waals surface area contributed by atoms with Gasteiger partial charge in [-0.15, -0.1) is 0 Å². The van der Waals surface area contributed by atoms with Crippen molar-refractivity contribution in [2.75, 3.05) is 37.6 Å². The summed E-state index contributed by atoms with van der Waals surface area (Å²) in [5, 5.41) is 0. The van der Waals surface area contributed by atoms with Gasteiger partial charge in [-0.3, -0.25) is 4.90 Å². The molecule has 4 nitrogen and oxygen atoms in total. The highest BCUT2D eigenvalue weighted by Gasteiger charge is 2.16. The van der Waals surface area contributed by atoms with Gasteiger partial charge in [0, 0.05) is 61.8 Å². The summed E-state index contributed by atoms with van der Waals surface area (Å²) in [7, 11) is 0. The fourth-order valence-electron chi connectivity index (χ4n) is 2.58. The zero-order valence-electron chi connectivity index (χ0n) is 11.5. The van der Waals surface area contributed by atoms with Crippen molar-refractivity contribution < 1.29 is 0 Å². The Bertz CT molecular complexity index is 533. The lowest BCUT2D eigenvalue weighted by Crippen LogP contribution is -2.47. The maximum Gasteiger partial charge on any atom is 0.0946 e. The average molecular weight is 335 g/mol. The van der Waals surface area contributed by atoms with Crippen LogP contribution in [0, 0.1) is 0 Å². The third-order valence-electron chi connectivity index (χ3n) is 3.78. The summed E-state index contributed by atoms with van der Waals surface area (Å²) in [4.78, 5) is 9.06. The molecule has 1 saturated heterocycles. The van der Waals surface area contributed by atoms with Gasteiger partial charge in [0.05, 0.1) is 6.33 Å². The first kappa shape index (κ1) is 13.6. The number of aromatic nitrogens is 2. The fourth-order valence-corrected chi connectivity index (χ4v) is 2.97. The van der Waals surface area contributed by atoms with E-state index in [2.05, 4.69) is 59.5 Å². The summed E-state index contributed by atoms with van der Waals surface area (Å²) >= 11 is 3.54. The van der Waals surface area contributed by atoms with Gasteiger partial charge in [0.25, 0.3) is 0 Å². The van der Waals surface area contributed by atoms with Crippen LogP contribution in [-0.4, -0.2) is 47.2 Å². The fraction of sp³-hybridized carbons (Fsp3) is 0.400. The van der Waals surface area contributed by atoms with E-state index in [-0.39, 0.29) is 0 Å². The first-order valence-corrected chi connectivity index (χ1v) is 7.79. The van der Waals surface area contributed by atoms with E-state index in [1.165, 1.54) is 5.69 Å². The smallest absolute Gasteiger partial charge is 0.0946 e. The van der Waals surface area contributed by atoms with Crippen molar-refractivity contribution >= 4 is 21.6 Å². The van der Waals surface area contributed by atoms with Crippen molar-refractivity contribution in [3.8, 4) is 0 Å². The van der Waals surface area contributed by atoms with E-state index in [9.17, 15) is 0 Å². The molecule has 1 aromatic carbocycles. The number of nitrogens with zero attached hydrogens (tertiary/aromatic N) is 4. The van der Waals surface area contributed by atoms with Crippen molar-refractivity contribution in [1.29, 1.82) is 0 Å². The highest BCUT2D eigenvalue weighted by molar-refractivity contribution is 9.10.